The normalized spacial score (nSPS) is 45.7. The Hall–Kier alpha value is -1.06. The van der Waals surface area contributed by atoms with E-state index < -0.39 is 18.8 Å². The number of aliphatic hydroxyl groups excluding tert-OH is 1. The Morgan fingerprint density at radius 1 is 1.05 bits per heavy atom. The average molecular weight is 613 g/mol. The molecule has 6 rings (SSSR count). The second kappa shape index (κ2) is 10.5. The summed E-state index contributed by atoms with van der Waals surface area (Å²) in [6, 6.07) is -0.338. The van der Waals surface area contributed by atoms with Crippen LogP contribution in [0.25, 0.3) is 0 Å². The van der Waals surface area contributed by atoms with Gasteiger partial charge in [0.05, 0.1) is 12.6 Å². The van der Waals surface area contributed by atoms with Crippen molar-refractivity contribution in [2.75, 3.05) is 33.4 Å². The largest absolute Gasteiger partial charge is 0.446 e. The number of alkyl halides is 3. The molecule has 1 heterocycles. The zero-order chi connectivity index (χ0) is 31.2. The van der Waals surface area contributed by atoms with Crippen LogP contribution in [0.1, 0.15) is 98.8 Å². The minimum Gasteiger partial charge on any atom is -0.446 e. The zero-order valence-electron chi connectivity index (χ0n) is 27.2. The van der Waals surface area contributed by atoms with Crippen molar-refractivity contribution in [2.24, 2.45) is 50.7 Å². The van der Waals surface area contributed by atoms with Gasteiger partial charge in [0, 0.05) is 43.7 Å². The van der Waals surface area contributed by atoms with Gasteiger partial charge < -0.3 is 24.8 Å². The summed E-state index contributed by atoms with van der Waals surface area (Å²) >= 11 is 0. The molecule has 5 saturated carbocycles. The summed E-state index contributed by atoms with van der Waals surface area (Å²) < 4.78 is 49.3. The van der Waals surface area contributed by atoms with Crippen molar-refractivity contribution in [3.8, 4) is 0 Å². The van der Waals surface area contributed by atoms with Crippen LogP contribution in [0.15, 0.2) is 0 Å². The van der Waals surface area contributed by atoms with Crippen LogP contribution in [0.3, 0.4) is 0 Å². The monoisotopic (exact) mass is 612 g/mol. The molecule has 246 valence electrons. The highest BCUT2D eigenvalue weighted by molar-refractivity contribution is 5.69. The second-order valence-corrected chi connectivity index (χ2v) is 16.5. The standard InChI is InChI=1S/C34H55F3N2O4/c1-7-21(11-15-42-6)23-16-26(40)31(5)25-9-8-24-29(2,3)27(10-12-32(24)19-33(25,32)14-13-30(23,31)4)43-28(41)39-17-22(18-39)38-20-34(35,36)37/h21-27,38,40H,7-20H2,1-6H3/t21-,23-,24+,25?,26+,27?,30?,31-,32?,33?/m1/s1. The van der Waals surface area contributed by atoms with Gasteiger partial charge >= 0.3 is 12.3 Å². The van der Waals surface area contributed by atoms with Gasteiger partial charge in [-0.2, -0.15) is 13.2 Å². The molecular weight excluding hydrogens is 557 g/mol. The average Bonchev–Trinajstić information content (AvgIpc) is 3.53. The van der Waals surface area contributed by atoms with Gasteiger partial charge in [-0.15, -0.1) is 0 Å². The van der Waals surface area contributed by atoms with Crippen molar-refractivity contribution in [3.63, 3.8) is 0 Å². The molecule has 0 aromatic heterocycles. The number of hydrogen-bond acceptors (Lipinski definition) is 5. The van der Waals surface area contributed by atoms with E-state index >= 15 is 0 Å². The van der Waals surface area contributed by atoms with Crippen LogP contribution >= 0.6 is 0 Å². The Kier molecular flexibility index (Phi) is 7.78. The maximum absolute atomic E-state index is 13.0. The number of halogens is 3. The summed E-state index contributed by atoms with van der Waals surface area (Å²) in [5.41, 5.74) is 0.392. The highest BCUT2D eigenvalue weighted by atomic mass is 19.4. The van der Waals surface area contributed by atoms with Crippen molar-refractivity contribution in [3.05, 3.63) is 0 Å². The van der Waals surface area contributed by atoms with Gasteiger partial charge in [0.25, 0.3) is 0 Å². The van der Waals surface area contributed by atoms with Gasteiger partial charge in [-0.1, -0.05) is 41.0 Å². The fraction of sp³-hybridized carbons (Fsp3) is 0.971. The molecule has 6 fully saturated rings. The summed E-state index contributed by atoms with van der Waals surface area (Å²) in [7, 11) is 1.79. The molecule has 9 heteroatoms. The van der Waals surface area contributed by atoms with Crippen LogP contribution in [-0.4, -0.2) is 73.9 Å². The third-order valence-corrected chi connectivity index (χ3v) is 14.9. The molecule has 2 spiro atoms. The van der Waals surface area contributed by atoms with Crippen LogP contribution in [0.4, 0.5) is 18.0 Å². The number of aliphatic hydroxyl groups is 1. The molecular formula is C34H55F3N2O4. The van der Waals surface area contributed by atoms with Crippen molar-refractivity contribution in [2.45, 2.75) is 123 Å². The lowest BCUT2D eigenvalue weighted by atomic mass is 9.41. The predicted octanol–water partition coefficient (Wildman–Crippen LogP) is 6.80. The highest BCUT2D eigenvalue weighted by Crippen LogP contribution is 2.89. The smallest absolute Gasteiger partial charge is 0.410 e. The number of carbonyl (C=O) groups is 1. The Bertz CT molecular complexity index is 1080. The predicted molar refractivity (Wildman–Crippen MR) is 158 cm³/mol. The number of fused-ring (bicyclic) bond motifs is 2. The molecule has 43 heavy (non-hydrogen) atoms. The van der Waals surface area contributed by atoms with E-state index in [0.717, 1.165) is 51.6 Å². The van der Waals surface area contributed by atoms with Gasteiger partial charge in [-0.3, -0.25) is 0 Å². The van der Waals surface area contributed by atoms with E-state index in [1.807, 2.05) is 0 Å². The minimum atomic E-state index is -4.25. The van der Waals surface area contributed by atoms with Crippen LogP contribution in [0, 0.1) is 50.7 Å². The summed E-state index contributed by atoms with van der Waals surface area (Å²) in [6.07, 6.45) is 5.77. The topological polar surface area (TPSA) is 71.0 Å². The van der Waals surface area contributed by atoms with E-state index in [1.165, 1.54) is 24.2 Å². The number of likely N-dealkylation sites (tertiary alicyclic amines) is 1. The highest BCUT2D eigenvalue weighted by Gasteiger charge is 2.83. The summed E-state index contributed by atoms with van der Waals surface area (Å²) in [5, 5.41) is 14.4. The molecule has 0 radical (unpaired) electrons. The molecule has 1 amide bonds. The number of rotatable bonds is 8. The summed E-state index contributed by atoms with van der Waals surface area (Å²) in [4.78, 5) is 14.6. The molecule has 1 aliphatic heterocycles. The van der Waals surface area contributed by atoms with Gasteiger partial charge in [0.2, 0.25) is 0 Å². The van der Waals surface area contributed by atoms with Crippen LogP contribution in [0.2, 0.25) is 0 Å². The first-order chi connectivity index (χ1) is 20.1. The van der Waals surface area contributed by atoms with Crippen LogP contribution in [-0.2, 0) is 9.47 Å². The first-order valence-corrected chi connectivity index (χ1v) is 17.0. The molecule has 0 bridgehead atoms. The van der Waals surface area contributed by atoms with E-state index in [1.54, 1.807) is 7.11 Å². The molecule has 6 nitrogen and oxygen atoms in total. The lowest BCUT2D eigenvalue weighted by molar-refractivity contribution is -0.183. The Morgan fingerprint density at radius 3 is 2.37 bits per heavy atom. The molecule has 2 N–H and O–H groups in total. The zero-order valence-corrected chi connectivity index (χ0v) is 27.2. The third-order valence-electron chi connectivity index (χ3n) is 14.9. The lowest BCUT2D eigenvalue weighted by Crippen LogP contribution is -2.62. The molecule has 0 aromatic carbocycles. The lowest BCUT2D eigenvalue weighted by Gasteiger charge is -2.64. The Morgan fingerprint density at radius 2 is 1.72 bits per heavy atom. The number of methoxy groups -OCH3 is 1. The maximum atomic E-state index is 13.0. The Balaban J connectivity index is 1.14. The van der Waals surface area contributed by atoms with Gasteiger partial charge in [0.15, 0.2) is 0 Å². The fourth-order valence-electron chi connectivity index (χ4n) is 12.5. The summed E-state index contributed by atoms with van der Waals surface area (Å²) in [6.45, 7) is 12.1. The SMILES string of the molecule is CC[C@H](CCOC)[C@H]1C[C@H](O)[C@@]2(C)C3CC[C@H]4C(C)(C)C(OC(=O)N5CC(NCC(F)(F)F)C5)CCC45CC35CCC12C. The third kappa shape index (κ3) is 4.54. The van der Waals surface area contributed by atoms with Crippen molar-refractivity contribution in [1.29, 1.82) is 0 Å². The fourth-order valence-corrected chi connectivity index (χ4v) is 12.5. The first-order valence-electron chi connectivity index (χ1n) is 17.0. The quantitative estimate of drug-likeness (QED) is 0.316. The summed E-state index contributed by atoms with van der Waals surface area (Å²) in [5.74, 6) is 2.08. The van der Waals surface area contributed by atoms with Crippen LogP contribution in [0.5, 0.6) is 0 Å². The van der Waals surface area contributed by atoms with Crippen molar-refractivity contribution in [1.82, 2.24) is 10.2 Å². The molecule has 0 aromatic rings. The van der Waals surface area contributed by atoms with E-state index in [-0.39, 0.29) is 58.4 Å². The molecule has 10 atom stereocenters. The number of hydrogen-bond donors (Lipinski definition) is 2. The van der Waals surface area contributed by atoms with E-state index in [9.17, 15) is 23.1 Å². The van der Waals surface area contributed by atoms with Crippen molar-refractivity contribution >= 4 is 6.09 Å². The number of amides is 1. The maximum Gasteiger partial charge on any atom is 0.410 e. The van der Waals surface area contributed by atoms with Gasteiger partial charge in [-0.05, 0) is 97.7 Å². The Labute approximate surface area is 256 Å². The second-order valence-electron chi connectivity index (χ2n) is 16.5. The van der Waals surface area contributed by atoms with E-state index in [4.69, 9.17) is 9.47 Å². The molecule has 6 aliphatic rings. The molecule has 5 unspecified atom stereocenters. The molecule has 1 saturated heterocycles. The van der Waals surface area contributed by atoms with E-state index in [2.05, 4.69) is 39.9 Å². The number of carbonyl (C=O) groups excluding carboxylic acids is 1. The van der Waals surface area contributed by atoms with E-state index in [0.29, 0.717) is 23.7 Å². The van der Waals surface area contributed by atoms with Gasteiger partial charge in [-0.25, -0.2) is 4.79 Å². The first kappa shape index (κ1) is 31.9. The number of nitrogens with one attached hydrogen (secondary N) is 1. The minimum absolute atomic E-state index is 0.0907. The van der Waals surface area contributed by atoms with Crippen LogP contribution < -0.4 is 5.32 Å². The van der Waals surface area contributed by atoms with Gasteiger partial charge in [0.1, 0.15) is 6.10 Å². The molecule has 5 aliphatic carbocycles. The van der Waals surface area contributed by atoms with Crippen molar-refractivity contribution < 1.29 is 32.5 Å². The number of nitrogens with zero attached hydrogens (tertiary/aromatic N) is 1. The number of ether oxygens (including phenoxy) is 2.